The number of carboxylic acid groups (broad SMARTS) is 2. The molecule has 1 unspecified atom stereocenters. The summed E-state index contributed by atoms with van der Waals surface area (Å²) < 4.78 is 19.8. The maximum atomic E-state index is 14.5. The van der Waals surface area contributed by atoms with E-state index in [9.17, 15) is 34.0 Å². The molecule has 1 amide bonds. The van der Waals surface area contributed by atoms with E-state index >= 15 is 0 Å². The van der Waals surface area contributed by atoms with E-state index in [1.165, 1.54) is 6.92 Å². The summed E-state index contributed by atoms with van der Waals surface area (Å²) in [6, 6.07) is 1.63. The molecule has 0 spiro atoms. The zero-order valence-electron chi connectivity index (χ0n) is 19.3. The second-order valence-electron chi connectivity index (χ2n) is 8.58. The second kappa shape index (κ2) is 12.1. The number of carboxylic acids is 2. The Labute approximate surface area is 191 Å². The van der Waals surface area contributed by atoms with Crippen molar-refractivity contribution in [3.63, 3.8) is 0 Å². The lowest BCUT2D eigenvalue weighted by Crippen LogP contribution is -2.37. The maximum absolute atomic E-state index is 14.5. The number of hydrogen-bond acceptors (Lipinski definition) is 6. The van der Waals surface area contributed by atoms with E-state index in [-0.39, 0.29) is 30.6 Å². The third kappa shape index (κ3) is 8.66. The fraction of sp³-hybridized carbons (Fsp3) is 0.591. The van der Waals surface area contributed by atoms with Gasteiger partial charge in [-0.25, -0.2) is 9.18 Å². The smallest absolute Gasteiger partial charge is 0.415 e. The number of carbonyl (C=O) groups excluding carboxylic acids is 1. The number of aliphatic carboxylic acids is 2. The Morgan fingerprint density at radius 2 is 1.76 bits per heavy atom. The van der Waals surface area contributed by atoms with Crippen molar-refractivity contribution in [1.82, 2.24) is 0 Å². The van der Waals surface area contributed by atoms with Crippen LogP contribution in [-0.2, 0) is 14.3 Å². The van der Waals surface area contributed by atoms with Gasteiger partial charge in [-0.3, -0.25) is 24.6 Å². The van der Waals surface area contributed by atoms with E-state index in [1.54, 1.807) is 20.8 Å². The summed E-state index contributed by atoms with van der Waals surface area (Å²) in [6.45, 7) is 6.30. The first-order valence-corrected chi connectivity index (χ1v) is 10.7. The van der Waals surface area contributed by atoms with E-state index in [0.29, 0.717) is 25.7 Å². The number of unbranched alkanes of at least 4 members (excludes halogenated alkanes) is 3. The first kappa shape index (κ1) is 27.8. The molecule has 0 fully saturated rings. The van der Waals surface area contributed by atoms with Crippen molar-refractivity contribution >= 4 is 29.4 Å². The zero-order valence-corrected chi connectivity index (χ0v) is 19.3. The number of nitro groups is 1. The first-order valence-electron chi connectivity index (χ1n) is 10.7. The summed E-state index contributed by atoms with van der Waals surface area (Å²) in [5.41, 5.74) is -2.28. The molecule has 0 heterocycles. The highest BCUT2D eigenvalue weighted by molar-refractivity contribution is 5.92. The van der Waals surface area contributed by atoms with Gasteiger partial charge in [0.2, 0.25) is 0 Å². The summed E-state index contributed by atoms with van der Waals surface area (Å²) >= 11 is 0. The molecule has 0 saturated heterocycles. The molecule has 0 saturated carbocycles. The average Bonchev–Trinajstić information content (AvgIpc) is 2.65. The van der Waals surface area contributed by atoms with E-state index in [4.69, 9.17) is 9.84 Å². The molecule has 0 aromatic heterocycles. The molecule has 1 aromatic carbocycles. The molecule has 1 rings (SSSR count). The second-order valence-corrected chi connectivity index (χ2v) is 8.58. The number of nitro benzene ring substituents is 1. The molecule has 10 nitrogen and oxygen atoms in total. The monoisotopic (exact) mass is 470 g/mol. The largest absolute Gasteiger partial charge is 0.481 e. The lowest BCUT2D eigenvalue weighted by Gasteiger charge is -2.27. The van der Waals surface area contributed by atoms with Crippen LogP contribution in [0.2, 0.25) is 0 Å². The first-order chi connectivity index (χ1) is 15.3. The van der Waals surface area contributed by atoms with E-state index in [1.807, 2.05) is 0 Å². The number of anilines is 1. The molecular weight excluding hydrogens is 439 g/mol. The number of rotatable bonds is 12. The highest BCUT2D eigenvalue weighted by Crippen LogP contribution is 2.39. The Balaban J connectivity index is 3.32. The summed E-state index contributed by atoms with van der Waals surface area (Å²) in [5, 5.41) is 30.3. The van der Waals surface area contributed by atoms with Crippen LogP contribution >= 0.6 is 0 Å². The number of hydrogen-bond donors (Lipinski definition) is 2. The van der Waals surface area contributed by atoms with Crippen molar-refractivity contribution in [2.45, 2.75) is 77.7 Å². The molecular formula is C22H31FN2O8. The highest BCUT2D eigenvalue weighted by atomic mass is 19.1. The summed E-state index contributed by atoms with van der Waals surface area (Å²) in [7, 11) is 0. The zero-order chi connectivity index (χ0) is 25.3. The van der Waals surface area contributed by atoms with Gasteiger partial charge in [0.1, 0.15) is 17.1 Å². The van der Waals surface area contributed by atoms with Crippen molar-refractivity contribution < 1.29 is 38.6 Å². The molecule has 2 N–H and O–H groups in total. The van der Waals surface area contributed by atoms with Crippen LogP contribution in [0.1, 0.15) is 77.7 Å². The Hall–Kier alpha value is -3.24. The minimum atomic E-state index is -1.38. The molecule has 184 valence electrons. The third-order valence-corrected chi connectivity index (χ3v) is 4.79. The normalized spacial score (nSPS) is 12.2. The molecule has 1 aromatic rings. The van der Waals surface area contributed by atoms with Crippen molar-refractivity contribution in [2.24, 2.45) is 0 Å². The van der Waals surface area contributed by atoms with Crippen LogP contribution in [0.5, 0.6) is 0 Å². The predicted molar refractivity (Wildman–Crippen MR) is 118 cm³/mol. The quantitative estimate of drug-likeness (QED) is 0.244. The van der Waals surface area contributed by atoms with Gasteiger partial charge in [-0.05, 0) is 46.6 Å². The number of ether oxygens (including phenoxy) is 1. The Kier molecular flexibility index (Phi) is 10.2. The minimum absolute atomic E-state index is 0.00138. The van der Waals surface area contributed by atoms with Crippen LogP contribution in [0.25, 0.3) is 0 Å². The SMILES string of the molecule is CCN(C(=O)OC(C)(C)C)c1cc(F)cc(C(CCCCCCC(=O)O)C(=O)O)c1[N+](=O)[O-]. The molecule has 11 heteroatoms. The van der Waals surface area contributed by atoms with E-state index in [0.717, 1.165) is 17.0 Å². The van der Waals surface area contributed by atoms with Gasteiger partial charge >= 0.3 is 18.0 Å². The van der Waals surface area contributed by atoms with Gasteiger partial charge in [0.05, 0.1) is 10.8 Å². The number of benzene rings is 1. The third-order valence-electron chi connectivity index (χ3n) is 4.79. The molecule has 1 atom stereocenters. The topological polar surface area (TPSA) is 147 Å². The van der Waals surface area contributed by atoms with E-state index < -0.39 is 46.0 Å². The van der Waals surface area contributed by atoms with Crippen molar-refractivity contribution in [2.75, 3.05) is 11.4 Å². The fourth-order valence-corrected chi connectivity index (χ4v) is 3.38. The van der Waals surface area contributed by atoms with Gasteiger partial charge in [-0.15, -0.1) is 0 Å². The maximum Gasteiger partial charge on any atom is 0.415 e. The van der Waals surface area contributed by atoms with Gasteiger partial charge in [-0.2, -0.15) is 0 Å². The summed E-state index contributed by atoms with van der Waals surface area (Å²) in [4.78, 5) is 47.1. The van der Waals surface area contributed by atoms with Crippen LogP contribution in [0.4, 0.5) is 20.6 Å². The lowest BCUT2D eigenvalue weighted by atomic mass is 9.90. The van der Waals surface area contributed by atoms with E-state index in [2.05, 4.69) is 0 Å². The molecule has 33 heavy (non-hydrogen) atoms. The molecule has 0 bridgehead atoms. The van der Waals surface area contributed by atoms with Crippen molar-refractivity contribution in [3.05, 3.63) is 33.6 Å². The minimum Gasteiger partial charge on any atom is -0.481 e. The Bertz CT molecular complexity index is 882. The van der Waals surface area contributed by atoms with Gasteiger partial charge in [0, 0.05) is 24.6 Å². The van der Waals surface area contributed by atoms with Crippen molar-refractivity contribution in [3.8, 4) is 0 Å². The Morgan fingerprint density at radius 3 is 2.24 bits per heavy atom. The highest BCUT2D eigenvalue weighted by Gasteiger charge is 2.35. The predicted octanol–water partition coefficient (Wildman–Crippen LogP) is 5.09. The average molecular weight is 470 g/mol. The molecule has 0 aliphatic rings. The van der Waals surface area contributed by atoms with Crippen molar-refractivity contribution in [1.29, 1.82) is 0 Å². The van der Waals surface area contributed by atoms with Gasteiger partial charge < -0.3 is 14.9 Å². The van der Waals surface area contributed by atoms with Crippen LogP contribution in [-0.4, -0.2) is 45.3 Å². The standard InChI is InChI=1S/C22H31FN2O8/c1-5-24(21(30)33-22(2,3)4)17-13-14(23)12-16(19(17)25(31)32)15(20(28)29)10-8-6-7-9-11-18(26)27/h12-13,15H,5-11H2,1-4H3,(H,26,27)(H,28,29). The van der Waals surface area contributed by atoms with Crippen LogP contribution in [0.3, 0.4) is 0 Å². The molecule has 0 radical (unpaired) electrons. The van der Waals surface area contributed by atoms with Gasteiger partial charge in [-0.1, -0.05) is 19.3 Å². The number of halogens is 1. The fourth-order valence-electron chi connectivity index (χ4n) is 3.38. The summed E-state index contributed by atoms with van der Waals surface area (Å²) in [6.07, 6.45) is 0.920. The van der Waals surface area contributed by atoms with Crippen LogP contribution in [0, 0.1) is 15.9 Å². The van der Waals surface area contributed by atoms with Gasteiger partial charge in [0.15, 0.2) is 0 Å². The molecule has 0 aliphatic heterocycles. The number of carbonyl (C=O) groups is 3. The number of nitrogens with zero attached hydrogens (tertiary/aromatic N) is 2. The lowest BCUT2D eigenvalue weighted by molar-refractivity contribution is -0.385. The number of amides is 1. The van der Waals surface area contributed by atoms with Crippen LogP contribution in [0.15, 0.2) is 12.1 Å². The summed E-state index contributed by atoms with van der Waals surface area (Å²) in [5.74, 6) is -4.58. The molecule has 0 aliphatic carbocycles. The van der Waals surface area contributed by atoms with Crippen LogP contribution < -0.4 is 4.90 Å². The van der Waals surface area contributed by atoms with Gasteiger partial charge in [0.25, 0.3) is 5.69 Å². The Morgan fingerprint density at radius 1 is 1.15 bits per heavy atom.